The number of rotatable bonds is 0. The first-order valence-corrected chi connectivity index (χ1v) is 8.49. The zero-order valence-electron chi connectivity index (χ0n) is 15.4. The zero-order chi connectivity index (χ0) is 17.9. The van der Waals surface area contributed by atoms with E-state index in [0.717, 1.165) is 11.1 Å². The monoisotopic (exact) mass is 322 g/mol. The molecule has 1 unspecified atom stereocenters. The first-order valence-electron chi connectivity index (χ1n) is 8.49. The van der Waals surface area contributed by atoms with Crippen LogP contribution < -0.4 is 0 Å². The van der Waals surface area contributed by atoms with Crippen LogP contribution in [0.4, 0.5) is 0 Å². The average Bonchev–Trinajstić information content (AvgIpc) is 2.50. The maximum Gasteiger partial charge on any atom is 0.193 e. The third kappa shape index (κ3) is 2.24. The molecule has 0 amide bonds. The summed E-state index contributed by atoms with van der Waals surface area (Å²) in [5.41, 5.74) is 2.07. The lowest BCUT2D eigenvalue weighted by atomic mass is 9.62. The molecule has 0 aromatic heterocycles. The Bertz CT molecular complexity index is 819. The van der Waals surface area contributed by atoms with E-state index in [0.29, 0.717) is 16.7 Å². The molecule has 126 valence electrons. The van der Waals surface area contributed by atoms with Crippen LogP contribution in [0.2, 0.25) is 0 Å². The van der Waals surface area contributed by atoms with Crippen molar-refractivity contribution >= 4 is 5.78 Å². The molecule has 24 heavy (non-hydrogen) atoms. The number of benzene rings is 2. The minimum atomic E-state index is -1.20. The van der Waals surface area contributed by atoms with Crippen molar-refractivity contribution in [2.24, 2.45) is 5.41 Å². The van der Waals surface area contributed by atoms with E-state index in [-0.39, 0.29) is 11.2 Å². The fourth-order valence-corrected chi connectivity index (χ4v) is 3.60. The lowest BCUT2D eigenvalue weighted by molar-refractivity contribution is -0.0284. The van der Waals surface area contributed by atoms with Gasteiger partial charge < -0.3 is 5.11 Å². The van der Waals surface area contributed by atoms with Gasteiger partial charge in [-0.3, -0.25) is 4.79 Å². The molecule has 0 bridgehead atoms. The summed E-state index contributed by atoms with van der Waals surface area (Å²) in [7, 11) is 0. The van der Waals surface area contributed by atoms with Crippen molar-refractivity contribution in [3.05, 3.63) is 70.3 Å². The third-order valence-corrected chi connectivity index (χ3v) is 5.17. The van der Waals surface area contributed by atoms with Crippen LogP contribution in [0.25, 0.3) is 0 Å². The number of fused-ring (bicyclic) bond motifs is 2. The first-order chi connectivity index (χ1) is 11.0. The molecule has 2 nitrogen and oxygen atoms in total. The zero-order valence-corrected chi connectivity index (χ0v) is 15.4. The standard InChI is InChI=1S/C22H26O2/c1-20(2,3)14-11-12-16-18(13-14)22(24,21(4,5)6)17-10-8-7-9-15(17)19(16)23/h7-13,24H,1-6H3. The predicted octanol–water partition coefficient (Wildman–Crippen LogP) is 4.81. The van der Waals surface area contributed by atoms with Crippen LogP contribution in [0.1, 0.15) is 74.2 Å². The van der Waals surface area contributed by atoms with E-state index in [2.05, 4.69) is 20.8 Å². The molecule has 1 N–H and O–H groups in total. The SMILES string of the molecule is CC(C)(C)c1ccc2c(c1)C(O)(C(C)(C)C)c1ccccc1C2=O. The highest BCUT2D eigenvalue weighted by Crippen LogP contribution is 2.50. The highest BCUT2D eigenvalue weighted by atomic mass is 16.3. The summed E-state index contributed by atoms with van der Waals surface area (Å²) >= 11 is 0. The van der Waals surface area contributed by atoms with Crippen LogP contribution in [-0.2, 0) is 11.0 Å². The van der Waals surface area contributed by atoms with Gasteiger partial charge >= 0.3 is 0 Å². The van der Waals surface area contributed by atoms with Gasteiger partial charge in [0.2, 0.25) is 0 Å². The predicted molar refractivity (Wildman–Crippen MR) is 97.5 cm³/mol. The van der Waals surface area contributed by atoms with Crippen molar-refractivity contribution in [3.63, 3.8) is 0 Å². The molecular formula is C22H26O2. The summed E-state index contributed by atoms with van der Waals surface area (Å²) in [5, 5.41) is 11.9. The fourth-order valence-electron chi connectivity index (χ4n) is 3.60. The second-order valence-corrected chi connectivity index (χ2v) is 8.85. The number of hydrogen-bond donors (Lipinski definition) is 1. The minimum Gasteiger partial charge on any atom is -0.380 e. The number of ketones is 1. The third-order valence-electron chi connectivity index (χ3n) is 5.17. The molecule has 0 spiro atoms. The van der Waals surface area contributed by atoms with Crippen LogP contribution in [0.5, 0.6) is 0 Å². The summed E-state index contributed by atoms with van der Waals surface area (Å²) < 4.78 is 0. The summed E-state index contributed by atoms with van der Waals surface area (Å²) in [6.45, 7) is 12.5. The van der Waals surface area contributed by atoms with E-state index in [1.807, 2.05) is 63.2 Å². The van der Waals surface area contributed by atoms with Gasteiger partial charge in [0.05, 0.1) is 0 Å². The molecule has 3 rings (SSSR count). The van der Waals surface area contributed by atoms with E-state index in [9.17, 15) is 9.90 Å². The molecule has 2 aromatic rings. The molecule has 0 aliphatic heterocycles. The maximum absolute atomic E-state index is 13.0. The number of aliphatic hydroxyl groups is 1. The second kappa shape index (κ2) is 5.03. The van der Waals surface area contributed by atoms with Crippen molar-refractivity contribution in [3.8, 4) is 0 Å². The lowest BCUT2D eigenvalue weighted by Gasteiger charge is -2.45. The van der Waals surface area contributed by atoms with Crippen molar-refractivity contribution in [1.29, 1.82) is 0 Å². The van der Waals surface area contributed by atoms with Gasteiger partial charge in [-0.15, -0.1) is 0 Å². The van der Waals surface area contributed by atoms with Gasteiger partial charge in [0.1, 0.15) is 5.60 Å². The molecule has 0 saturated heterocycles. The molecular weight excluding hydrogens is 296 g/mol. The quantitative estimate of drug-likeness (QED) is 0.755. The van der Waals surface area contributed by atoms with Crippen LogP contribution in [0, 0.1) is 5.41 Å². The van der Waals surface area contributed by atoms with Crippen molar-refractivity contribution in [2.45, 2.75) is 52.6 Å². The Morgan fingerprint density at radius 3 is 2.00 bits per heavy atom. The van der Waals surface area contributed by atoms with Gasteiger partial charge in [-0.2, -0.15) is 0 Å². The van der Waals surface area contributed by atoms with Gasteiger partial charge in [-0.1, -0.05) is 84.0 Å². The van der Waals surface area contributed by atoms with Gasteiger partial charge in [0.15, 0.2) is 5.78 Å². The Kier molecular flexibility index (Phi) is 3.55. The van der Waals surface area contributed by atoms with Crippen LogP contribution >= 0.6 is 0 Å². The van der Waals surface area contributed by atoms with E-state index in [4.69, 9.17) is 0 Å². The molecule has 0 saturated carbocycles. The van der Waals surface area contributed by atoms with Crippen molar-refractivity contribution in [1.82, 2.24) is 0 Å². The highest BCUT2D eigenvalue weighted by Gasteiger charge is 2.50. The van der Waals surface area contributed by atoms with Gasteiger partial charge in [0.25, 0.3) is 0 Å². The lowest BCUT2D eigenvalue weighted by Crippen LogP contribution is -2.46. The highest BCUT2D eigenvalue weighted by molar-refractivity contribution is 6.13. The number of carbonyl (C=O) groups is 1. The molecule has 1 aliphatic carbocycles. The average molecular weight is 322 g/mol. The summed E-state index contributed by atoms with van der Waals surface area (Å²) in [6, 6.07) is 13.4. The molecule has 0 radical (unpaired) electrons. The topological polar surface area (TPSA) is 37.3 Å². The van der Waals surface area contributed by atoms with E-state index in [1.165, 1.54) is 0 Å². The summed E-state index contributed by atoms with van der Waals surface area (Å²) in [6.07, 6.45) is 0. The van der Waals surface area contributed by atoms with Gasteiger partial charge in [-0.25, -0.2) is 0 Å². The second-order valence-electron chi connectivity index (χ2n) is 8.85. The molecule has 2 heteroatoms. The number of hydrogen-bond acceptors (Lipinski definition) is 2. The Balaban J connectivity index is 2.40. The minimum absolute atomic E-state index is 0.00464. The largest absolute Gasteiger partial charge is 0.380 e. The van der Waals surface area contributed by atoms with Gasteiger partial charge in [-0.05, 0) is 27.5 Å². The van der Waals surface area contributed by atoms with Gasteiger partial charge in [0, 0.05) is 11.1 Å². The summed E-state index contributed by atoms with van der Waals surface area (Å²) in [5.74, 6) is -0.00464. The molecule has 0 heterocycles. The molecule has 0 fully saturated rings. The molecule has 1 aliphatic rings. The Morgan fingerprint density at radius 1 is 0.833 bits per heavy atom. The van der Waals surface area contributed by atoms with E-state index < -0.39 is 11.0 Å². The van der Waals surface area contributed by atoms with E-state index in [1.54, 1.807) is 0 Å². The smallest absolute Gasteiger partial charge is 0.193 e. The van der Waals surface area contributed by atoms with Crippen LogP contribution in [0.3, 0.4) is 0 Å². The van der Waals surface area contributed by atoms with Crippen LogP contribution in [-0.4, -0.2) is 10.9 Å². The Hall–Kier alpha value is -1.93. The van der Waals surface area contributed by atoms with Crippen LogP contribution in [0.15, 0.2) is 42.5 Å². The molecule has 1 atom stereocenters. The van der Waals surface area contributed by atoms with Crippen molar-refractivity contribution in [2.75, 3.05) is 0 Å². The maximum atomic E-state index is 13.0. The normalized spacial score (nSPS) is 20.5. The fraction of sp³-hybridized carbons (Fsp3) is 0.409. The molecule has 2 aromatic carbocycles. The Labute approximate surface area is 144 Å². The first kappa shape index (κ1) is 16.9. The van der Waals surface area contributed by atoms with Crippen molar-refractivity contribution < 1.29 is 9.90 Å². The summed E-state index contributed by atoms with van der Waals surface area (Å²) in [4.78, 5) is 13.0. The number of carbonyl (C=O) groups excluding carboxylic acids is 1. The Morgan fingerprint density at radius 2 is 1.42 bits per heavy atom. The van der Waals surface area contributed by atoms with E-state index >= 15 is 0 Å².